The van der Waals surface area contributed by atoms with Gasteiger partial charge in [-0.25, -0.2) is 13.6 Å². The number of piperidine rings is 1. The van der Waals surface area contributed by atoms with E-state index in [1.54, 1.807) is 0 Å². The van der Waals surface area contributed by atoms with E-state index < -0.39 is 10.0 Å². The third-order valence-corrected chi connectivity index (χ3v) is 3.64. The average molecular weight is 235 g/mol. The molecular weight excluding hydrogens is 214 g/mol. The molecule has 1 unspecified atom stereocenters. The Morgan fingerprint density at radius 3 is 2.80 bits per heavy atom. The fourth-order valence-corrected chi connectivity index (χ4v) is 2.31. The van der Waals surface area contributed by atoms with Crippen LogP contribution < -0.4 is 10.5 Å². The predicted octanol–water partition coefficient (Wildman–Crippen LogP) is -0.651. The van der Waals surface area contributed by atoms with Crippen LogP contribution in [0.15, 0.2) is 0 Å². The Morgan fingerprint density at radius 2 is 2.20 bits per heavy atom. The van der Waals surface area contributed by atoms with Crippen LogP contribution in [0, 0.1) is 0 Å². The zero-order valence-corrected chi connectivity index (χ0v) is 10.1. The highest BCUT2D eigenvalue weighted by Crippen LogP contribution is 2.13. The molecule has 0 aromatic carbocycles. The molecule has 0 spiro atoms. The molecule has 1 rings (SSSR count). The number of hydrogen-bond acceptors (Lipinski definition) is 4. The zero-order chi connectivity index (χ0) is 11.3. The number of hydrogen-bond donors (Lipinski definition) is 2. The third-order valence-electron chi connectivity index (χ3n) is 2.86. The van der Waals surface area contributed by atoms with Gasteiger partial charge in [0.05, 0.1) is 5.75 Å². The molecule has 1 atom stereocenters. The standard InChI is InChI=1S/C9H21N3O2S/c1-12-6-3-2-4-9(12)8-11-5-7-15(10,13)14/h9,11H,2-8H2,1H3,(H2,10,13,14). The first kappa shape index (κ1) is 12.9. The second-order valence-corrected chi connectivity index (χ2v) is 5.94. The van der Waals surface area contributed by atoms with Crippen LogP contribution in [0.25, 0.3) is 0 Å². The molecule has 0 radical (unpaired) electrons. The minimum atomic E-state index is -3.32. The minimum Gasteiger partial charge on any atom is -0.314 e. The van der Waals surface area contributed by atoms with Crippen molar-refractivity contribution in [1.29, 1.82) is 0 Å². The lowest BCUT2D eigenvalue weighted by Crippen LogP contribution is -2.44. The molecule has 1 aliphatic heterocycles. The molecule has 1 heterocycles. The summed E-state index contributed by atoms with van der Waals surface area (Å²) in [5.74, 6) is 0.0173. The van der Waals surface area contributed by atoms with Crippen LogP contribution in [0.4, 0.5) is 0 Å². The van der Waals surface area contributed by atoms with Crippen molar-refractivity contribution in [3.05, 3.63) is 0 Å². The van der Waals surface area contributed by atoms with Gasteiger partial charge in [0.2, 0.25) is 10.0 Å². The normalized spacial score (nSPS) is 24.3. The SMILES string of the molecule is CN1CCCCC1CNCCS(N)(=O)=O. The van der Waals surface area contributed by atoms with E-state index in [2.05, 4.69) is 17.3 Å². The molecule has 1 saturated heterocycles. The molecule has 0 saturated carbocycles. The van der Waals surface area contributed by atoms with Crippen LogP contribution in [0.1, 0.15) is 19.3 Å². The Labute approximate surface area is 92.1 Å². The first-order valence-electron chi connectivity index (χ1n) is 5.40. The van der Waals surface area contributed by atoms with Crippen LogP contribution in [0.3, 0.4) is 0 Å². The molecule has 0 amide bonds. The third kappa shape index (κ3) is 5.46. The highest BCUT2D eigenvalue weighted by Gasteiger charge is 2.17. The monoisotopic (exact) mass is 235 g/mol. The lowest BCUT2D eigenvalue weighted by atomic mass is 10.0. The van der Waals surface area contributed by atoms with Crippen LogP contribution in [-0.4, -0.2) is 51.8 Å². The Bertz CT molecular complexity index is 279. The average Bonchev–Trinajstić information content (AvgIpc) is 2.13. The molecule has 0 aliphatic carbocycles. The summed E-state index contributed by atoms with van der Waals surface area (Å²) in [6.45, 7) is 2.44. The van der Waals surface area contributed by atoms with Crippen LogP contribution in [0.5, 0.6) is 0 Å². The molecule has 0 aromatic heterocycles. The smallest absolute Gasteiger partial charge is 0.210 e. The van der Waals surface area contributed by atoms with E-state index in [4.69, 9.17) is 5.14 Å². The van der Waals surface area contributed by atoms with Gasteiger partial charge in [-0.15, -0.1) is 0 Å². The van der Waals surface area contributed by atoms with Crippen molar-refractivity contribution in [2.45, 2.75) is 25.3 Å². The van der Waals surface area contributed by atoms with E-state index in [0.717, 1.165) is 13.1 Å². The molecule has 3 N–H and O–H groups in total. The van der Waals surface area contributed by atoms with Crippen molar-refractivity contribution in [3.8, 4) is 0 Å². The zero-order valence-electron chi connectivity index (χ0n) is 9.28. The van der Waals surface area contributed by atoms with Crippen molar-refractivity contribution in [2.75, 3.05) is 32.4 Å². The van der Waals surface area contributed by atoms with Gasteiger partial charge in [-0.3, -0.25) is 0 Å². The van der Waals surface area contributed by atoms with Gasteiger partial charge >= 0.3 is 0 Å². The fourth-order valence-electron chi connectivity index (χ4n) is 1.89. The lowest BCUT2D eigenvalue weighted by Gasteiger charge is -2.32. The number of nitrogens with one attached hydrogen (secondary N) is 1. The number of sulfonamides is 1. The molecule has 1 aliphatic rings. The Morgan fingerprint density at radius 1 is 1.47 bits per heavy atom. The van der Waals surface area contributed by atoms with Gasteiger partial charge in [-0.1, -0.05) is 6.42 Å². The lowest BCUT2D eigenvalue weighted by molar-refractivity contribution is 0.182. The van der Waals surface area contributed by atoms with Crippen LogP contribution >= 0.6 is 0 Å². The molecule has 6 heteroatoms. The number of primary sulfonamides is 1. The highest BCUT2D eigenvalue weighted by atomic mass is 32.2. The van der Waals surface area contributed by atoms with Crippen molar-refractivity contribution in [2.24, 2.45) is 5.14 Å². The van der Waals surface area contributed by atoms with E-state index in [9.17, 15) is 8.42 Å². The molecule has 0 aromatic rings. The number of nitrogens with two attached hydrogens (primary N) is 1. The second-order valence-electron chi connectivity index (χ2n) is 4.20. The number of nitrogens with zero attached hydrogens (tertiary/aromatic N) is 1. The molecule has 90 valence electrons. The van der Waals surface area contributed by atoms with Gasteiger partial charge in [0, 0.05) is 19.1 Å². The summed E-state index contributed by atoms with van der Waals surface area (Å²) >= 11 is 0. The minimum absolute atomic E-state index is 0.0173. The van der Waals surface area contributed by atoms with Gasteiger partial charge in [-0.2, -0.15) is 0 Å². The molecule has 5 nitrogen and oxygen atoms in total. The Kier molecular flexibility index (Phi) is 4.98. The van der Waals surface area contributed by atoms with Gasteiger partial charge in [0.1, 0.15) is 0 Å². The maximum absolute atomic E-state index is 10.7. The summed E-state index contributed by atoms with van der Waals surface area (Å²) in [4.78, 5) is 2.33. The van der Waals surface area contributed by atoms with Crippen LogP contribution in [0.2, 0.25) is 0 Å². The van der Waals surface area contributed by atoms with E-state index in [1.807, 2.05) is 0 Å². The van der Waals surface area contributed by atoms with Gasteiger partial charge in [0.25, 0.3) is 0 Å². The largest absolute Gasteiger partial charge is 0.314 e. The quantitative estimate of drug-likeness (QED) is 0.621. The molecule has 1 fully saturated rings. The summed E-state index contributed by atoms with van der Waals surface area (Å²) in [5, 5.41) is 8.05. The van der Waals surface area contributed by atoms with E-state index in [-0.39, 0.29) is 5.75 Å². The number of likely N-dealkylation sites (tertiary alicyclic amines) is 1. The van der Waals surface area contributed by atoms with E-state index >= 15 is 0 Å². The number of likely N-dealkylation sites (N-methyl/N-ethyl adjacent to an activating group) is 1. The van der Waals surface area contributed by atoms with Crippen LogP contribution in [-0.2, 0) is 10.0 Å². The summed E-state index contributed by atoms with van der Waals surface area (Å²) < 4.78 is 21.3. The van der Waals surface area contributed by atoms with E-state index in [0.29, 0.717) is 12.6 Å². The second kappa shape index (κ2) is 5.79. The van der Waals surface area contributed by atoms with Crippen molar-refractivity contribution in [3.63, 3.8) is 0 Å². The maximum Gasteiger partial charge on any atom is 0.210 e. The van der Waals surface area contributed by atoms with Gasteiger partial charge < -0.3 is 10.2 Å². The Hall–Kier alpha value is -0.170. The molecule has 15 heavy (non-hydrogen) atoms. The number of rotatable bonds is 5. The first-order valence-corrected chi connectivity index (χ1v) is 7.12. The fraction of sp³-hybridized carbons (Fsp3) is 1.00. The maximum atomic E-state index is 10.7. The summed E-state index contributed by atoms with van der Waals surface area (Å²) in [6, 6.07) is 0.541. The summed E-state index contributed by atoms with van der Waals surface area (Å²) in [5.41, 5.74) is 0. The van der Waals surface area contributed by atoms with Gasteiger partial charge in [-0.05, 0) is 26.4 Å². The van der Waals surface area contributed by atoms with Crippen molar-refractivity contribution >= 4 is 10.0 Å². The van der Waals surface area contributed by atoms with E-state index in [1.165, 1.54) is 19.3 Å². The van der Waals surface area contributed by atoms with Gasteiger partial charge in [0.15, 0.2) is 0 Å². The Balaban J connectivity index is 2.14. The predicted molar refractivity (Wildman–Crippen MR) is 61.1 cm³/mol. The summed E-state index contributed by atoms with van der Waals surface area (Å²) in [7, 11) is -1.20. The first-order chi connectivity index (χ1) is 6.99. The molecule has 0 bridgehead atoms. The highest BCUT2D eigenvalue weighted by molar-refractivity contribution is 7.89. The topological polar surface area (TPSA) is 75.4 Å². The molecular formula is C9H21N3O2S. The van der Waals surface area contributed by atoms with Crippen molar-refractivity contribution < 1.29 is 8.42 Å². The summed E-state index contributed by atoms with van der Waals surface area (Å²) in [6.07, 6.45) is 3.73. The van der Waals surface area contributed by atoms with Crippen molar-refractivity contribution in [1.82, 2.24) is 10.2 Å².